The molecule has 2 radical (unpaired) electrons. The topological polar surface area (TPSA) is 39.2 Å². The molecule has 1 aliphatic rings. The molecule has 1 aliphatic carbocycles. The molecule has 0 N–H and O–H groups in total. The molecule has 1 aromatic rings. The number of carbonyl (C=O) groups is 1. The summed E-state index contributed by atoms with van der Waals surface area (Å²) in [5.41, 5.74) is 0.839. The fourth-order valence-corrected chi connectivity index (χ4v) is 2.63. The largest absolute Gasteiger partial charge is 0.465 e. The van der Waals surface area contributed by atoms with E-state index in [0.29, 0.717) is 11.5 Å². The average Bonchev–Trinajstić information content (AvgIpc) is 2.62. The average molecular weight is 207 g/mol. The van der Waals surface area contributed by atoms with Gasteiger partial charge in [0.1, 0.15) is 5.92 Å². The van der Waals surface area contributed by atoms with E-state index >= 15 is 0 Å². The molecule has 0 fully saturated rings. The normalized spacial score (nSPS) is 19.4. The molecule has 0 bridgehead atoms. The molecule has 1 heterocycles. The van der Waals surface area contributed by atoms with Crippen LogP contribution in [0.1, 0.15) is 29.8 Å². The van der Waals surface area contributed by atoms with Crippen LogP contribution in [-0.2, 0) is 16.0 Å². The summed E-state index contributed by atoms with van der Waals surface area (Å²) in [5.74, 6) is -0.352. The molecule has 0 saturated carbocycles. The molecule has 0 amide bonds. The second kappa shape index (κ2) is 3.73. The van der Waals surface area contributed by atoms with Gasteiger partial charge in [-0.25, -0.2) is 0 Å². The first kappa shape index (κ1) is 9.71. The highest BCUT2D eigenvalue weighted by Crippen LogP contribution is 2.34. The van der Waals surface area contributed by atoms with Crippen molar-refractivity contribution in [2.75, 3.05) is 6.61 Å². The minimum Gasteiger partial charge on any atom is -0.465 e. The molecule has 72 valence electrons. The molecular formula is C9H10BNO2S. The van der Waals surface area contributed by atoms with Crippen LogP contribution in [0.15, 0.2) is 0 Å². The van der Waals surface area contributed by atoms with E-state index in [4.69, 9.17) is 12.6 Å². The zero-order valence-electron chi connectivity index (χ0n) is 7.95. The molecule has 0 saturated heterocycles. The van der Waals surface area contributed by atoms with Crippen LogP contribution in [0.4, 0.5) is 0 Å². The van der Waals surface area contributed by atoms with Gasteiger partial charge in [-0.2, -0.15) is 0 Å². The molecule has 0 aromatic carbocycles. The number of carbonyl (C=O) groups excluding carboxylic acids is 1. The van der Waals surface area contributed by atoms with E-state index in [1.54, 1.807) is 0 Å². The van der Waals surface area contributed by atoms with E-state index in [1.807, 2.05) is 6.92 Å². The number of esters is 1. The Balaban J connectivity index is 2.20. The van der Waals surface area contributed by atoms with Crippen molar-refractivity contribution < 1.29 is 9.53 Å². The summed E-state index contributed by atoms with van der Waals surface area (Å²) in [4.78, 5) is 17.4. The Morgan fingerprint density at radius 1 is 1.79 bits per heavy atom. The number of fused-ring (bicyclic) bond motifs is 1. The SMILES string of the molecule is [B]c1nc2c(s1)CCC2C(=O)OCC. The number of thiazole rings is 1. The van der Waals surface area contributed by atoms with E-state index < -0.39 is 0 Å². The third-order valence-corrected chi connectivity index (χ3v) is 3.27. The summed E-state index contributed by atoms with van der Waals surface area (Å²) in [6.45, 7) is 2.23. The highest BCUT2D eigenvalue weighted by molar-refractivity contribution is 7.19. The summed E-state index contributed by atoms with van der Waals surface area (Å²) in [6.07, 6.45) is 1.71. The lowest BCUT2D eigenvalue weighted by molar-refractivity contribution is -0.144. The zero-order valence-corrected chi connectivity index (χ0v) is 8.76. The van der Waals surface area contributed by atoms with E-state index in [1.165, 1.54) is 11.3 Å². The Morgan fingerprint density at radius 2 is 2.57 bits per heavy atom. The molecule has 0 aliphatic heterocycles. The van der Waals surface area contributed by atoms with Crippen molar-refractivity contribution in [2.24, 2.45) is 0 Å². The highest BCUT2D eigenvalue weighted by atomic mass is 32.1. The standard InChI is InChI=1S/C9H10BNO2S/c1-2-13-8(12)5-3-4-6-7(5)11-9(10)14-6/h5H,2-4H2,1H3. The smallest absolute Gasteiger partial charge is 0.315 e. The van der Waals surface area contributed by atoms with Crippen molar-refractivity contribution in [3.63, 3.8) is 0 Å². The molecule has 3 nitrogen and oxygen atoms in total. The third kappa shape index (κ3) is 1.56. The Hall–Kier alpha value is -0.835. The fraction of sp³-hybridized carbons (Fsp3) is 0.556. The number of hydrogen-bond donors (Lipinski definition) is 0. The van der Waals surface area contributed by atoms with Gasteiger partial charge in [0.2, 0.25) is 0 Å². The monoisotopic (exact) mass is 207 g/mol. The van der Waals surface area contributed by atoms with Gasteiger partial charge in [0, 0.05) is 9.78 Å². The molecular weight excluding hydrogens is 197 g/mol. The van der Waals surface area contributed by atoms with Crippen molar-refractivity contribution in [3.05, 3.63) is 10.6 Å². The maximum Gasteiger partial charge on any atom is 0.315 e. The van der Waals surface area contributed by atoms with Crippen LogP contribution in [0.3, 0.4) is 0 Å². The van der Waals surface area contributed by atoms with Crippen LogP contribution < -0.4 is 4.91 Å². The maximum absolute atomic E-state index is 11.5. The molecule has 1 atom stereocenters. The molecule has 0 spiro atoms. The molecule has 14 heavy (non-hydrogen) atoms. The first-order chi connectivity index (χ1) is 6.72. The maximum atomic E-state index is 11.5. The second-order valence-electron chi connectivity index (χ2n) is 3.20. The van der Waals surface area contributed by atoms with Gasteiger partial charge in [-0.3, -0.25) is 9.78 Å². The van der Waals surface area contributed by atoms with E-state index in [2.05, 4.69) is 4.98 Å². The highest BCUT2D eigenvalue weighted by Gasteiger charge is 2.32. The third-order valence-electron chi connectivity index (χ3n) is 2.31. The molecule has 1 aromatic heterocycles. The first-order valence-corrected chi connectivity index (χ1v) is 5.45. The Kier molecular flexibility index (Phi) is 2.59. The summed E-state index contributed by atoms with van der Waals surface area (Å²) in [7, 11) is 5.58. The van der Waals surface area contributed by atoms with Crippen LogP contribution in [-0.4, -0.2) is 25.4 Å². The van der Waals surface area contributed by atoms with Crippen LogP contribution in [0, 0.1) is 0 Å². The Bertz CT molecular complexity index is 364. The van der Waals surface area contributed by atoms with Crippen molar-refractivity contribution in [2.45, 2.75) is 25.7 Å². The number of aromatic nitrogens is 1. The molecule has 5 heteroatoms. The fourth-order valence-electron chi connectivity index (χ4n) is 1.72. The summed E-state index contributed by atoms with van der Waals surface area (Å²) in [5, 5.41) is 0. The number of ether oxygens (including phenoxy) is 1. The number of rotatable bonds is 2. The lowest BCUT2D eigenvalue weighted by Gasteiger charge is -2.07. The quantitative estimate of drug-likeness (QED) is 0.524. The predicted molar refractivity (Wildman–Crippen MR) is 55.2 cm³/mol. The van der Waals surface area contributed by atoms with Gasteiger partial charge in [0.15, 0.2) is 7.85 Å². The van der Waals surface area contributed by atoms with Crippen molar-refractivity contribution in [3.8, 4) is 0 Å². The van der Waals surface area contributed by atoms with Gasteiger partial charge >= 0.3 is 5.97 Å². The van der Waals surface area contributed by atoms with Gasteiger partial charge in [0.25, 0.3) is 0 Å². The van der Waals surface area contributed by atoms with Crippen molar-refractivity contribution in [1.82, 2.24) is 4.98 Å². The van der Waals surface area contributed by atoms with E-state index in [0.717, 1.165) is 23.4 Å². The van der Waals surface area contributed by atoms with E-state index in [9.17, 15) is 4.79 Å². The van der Waals surface area contributed by atoms with Gasteiger partial charge in [-0.15, -0.1) is 11.3 Å². The van der Waals surface area contributed by atoms with Crippen LogP contribution in [0.25, 0.3) is 0 Å². The Morgan fingerprint density at radius 3 is 3.29 bits per heavy atom. The van der Waals surface area contributed by atoms with E-state index in [-0.39, 0.29) is 11.9 Å². The lowest BCUT2D eigenvalue weighted by atomic mass is 10.1. The number of nitrogens with zero attached hydrogens (tertiary/aromatic N) is 1. The number of hydrogen-bond acceptors (Lipinski definition) is 4. The minimum absolute atomic E-state index is 0.170. The number of aryl methyl sites for hydroxylation is 1. The van der Waals surface area contributed by atoms with Gasteiger partial charge in [-0.05, 0) is 19.8 Å². The van der Waals surface area contributed by atoms with Crippen LogP contribution in [0.5, 0.6) is 0 Å². The van der Waals surface area contributed by atoms with Gasteiger partial charge in [0.05, 0.1) is 12.3 Å². The van der Waals surface area contributed by atoms with Crippen LogP contribution in [0.2, 0.25) is 0 Å². The summed E-state index contributed by atoms with van der Waals surface area (Å²) < 4.78 is 4.98. The van der Waals surface area contributed by atoms with Gasteiger partial charge < -0.3 is 4.74 Å². The summed E-state index contributed by atoms with van der Waals surface area (Å²) >= 11 is 1.47. The first-order valence-electron chi connectivity index (χ1n) is 4.64. The lowest BCUT2D eigenvalue weighted by Crippen LogP contribution is -2.15. The molecule has 2 rings (SSSR count). The summed E-state index contributed by atoms with van der Waals surface area (Å²) in [6, 6.07) is 0. The zero-order chi connectivity index (χ0) is 10.1. The molecule has 1 unspecified atom stereocenters. The van der Waals surface area contributed by atoms with Crippen molar-refractivity contribution >= 4 is 30.1 Å². The minimum atomic E-state index is -0.182. The second-order valence-corrected chi connectivity index (χ2v) is 4.32. The Labute approximate surface area is 87.9 Å². The van der Waals surface area contributed by atoms with Crippen LogP contribution >= 0.6 is 11.3 Å². The van der Waals surface area contributed by atoms with Gasteiger partial charge in [-0.1, -0.05) is 0 Å². The predicted octanol–water partition coefficient (Wildman–Crippen LogP) is 0.530. The van der Waals surface area contributed by atoms with Crippen molar-refractivity contribution in [1.29, 1.82) is 0 Å².